The molecule has 1 aromatic carbocycles. The molecular formula is C11H11ClF2N2S. The van der Waals surface area contributed by atoms with Crippen LogP contribution in [-0.2, 0) is 0 Å². The number of aliphatic imine (C=N–C) groups is 1. The summed E-state index contributed by atoms with van der Waals surface area (Å²) in [6.07, 6.45) is 0. The highest BCUT2D eigenvalue weighted by Crippen LogP contribution is 2.28. The average molecular weight is 277 g/mol. The van der Waals surface area contributed by atoms with Crippen LogP contribution in [0.5, 0.6) is 0 Å². The van der Waals surface area contributed by atoms with Crippen molar-refractivity contribution in [1.82, 2.24) is 0 Å². The van der Waals surface area contributed by atoms with E-state index in [4.69, 9.17) is 11.6 Å². The number of thioether (sulfide) groups is 1. The number of nitrogens with zero attached hydrogens (tertiary/aromatic N) is 1. The SMILES string of the molecule is CC1CN=C(Nc2c(F)cc(F)cc2Cl)SC1. The summed E-state index contributed by atoms with van der Waals surface area (Å²) >= 11 is 7.28. The summed E-state index contributed by atoms with van der Waals surface area (Å²) in [5, 5.41) is 3.44. The lowest BCUT2D eigenvalue weighted by molar-refractivity contribution is 0.586. The van der Waals surface area contributed by atoms with E-state index < -0.39 is 11.6 Å². The minimum atomic E-state index is -0.711. The molecule has 6 heteroatoms. The molecule has 1 aromatic rings. The van der Waals surface area contributed by atoms with Crippen LogP contribution >= 0.6 is 23.4 Å². The zero-order chi connectivity index (χ0) is 12.4. The molecule has 0 fully saturated rings. The summed E-state index contributed by atoms with van der Waals surface area (Å²) in [5.41, 5.74) is 0.0777. The smallest absolute Gasteiger partial charge is 0.161 e. The predicted molar refractivity (Wildman–Crippen MR) is 68.9 cm³/mol. The second-order valence-corrected chi connectivity index (χ2v) is 5.35. The number of rotatable bonds is 1. The van der Waals surface area contributed by atoms with Gasteiger partial charge in [-0.25, -0.2) is 8.78 Å². The highest BCUT2D eigenvalue weighted by Gasteiger charge is 2.16. The first-order valence-corrected chi connectivity index (χ1v) is 6.51. The molecular weight excluding hydrogens is 266 g/mol. The highest BCUT2D eigenvalue weighted by molar-refractivity contribution is 8.14. The van der Waals surface area contributed by atoms with E-state index in [0.29, 0.717) is 17.6 Å². The van der Waals surface area contributed by atoms with Gasteiger partial charge in [-0.2, -0.15) is 0 Å². The molecule has 0 spiro atoms. The van der Waals surface area contributed by atoms with Crippen LogP contribution in [0.3, 0.4) is 0 Å². The molecule has 0 aliphatic carbocycles. The van der Waals surface area contributed by atoms with Gasteiger partial charge in [-0.1, -0.05) is 30.3 Å². The van der Waals surface area contributed by atoms with Crippen molar-refractivity contribution in [3.8, 4) is 0 Å². The number of halogens is 3. The van der Waals surface area contributed by atoms with E-state index in [9.17, 15) is 8.78 Å². The van der Waals surface area contributed by atoms with E-state index in [2.05, 4.69) is 17.2 Å². The number of hydrogen-bond acceptors (Lipinski definition) is 3. The van der Waals surface area contributed by atoms with Crippen molar-refractivity contribution in [2.45, 2.75) is 6.92 Å². The molecule has 17 heavy (non-hydrogen) atoms. The van der Waals surface area contributed by atoms with Gasteiger partial charge in [-0.05, 0) is 12.0 Å². The molecule has 1 heterocycles. The molecule has 0 aromatic heterocycles. The Labute approximate surface area is 107 Å². The van der Waals surface area contributed by atoms with Crippen LogP contribution in [0.25, 0.3) is 0 Å². The van der Waals surface area contributed by atoms with Crippen LogP contribution in [-0.4, -0.2) is 17.5 Å². The third-order valence-electron chi connectivity index (χ3n) is 2.29. The van der Waals surface area contributed by atoms with Crippen molar-refractivity contribution in [2.75, 3.05) is 17.6 Å². The van der Waals surface area contributed by atoms with Gasteiger partial charge in [0.25, 0.3) is 0 Å². The van der Waals surface area contributed by atoms with Crippen molar-refractivity contribution in [3.63, 3.8) is 0 Å². The molecule has 92 valence electrons. The Morgan fingerprint density at radius 2 is 2.24 bits per heavy atom. The average Bonchev–Trinajstić information content (AvgIpc) is 2.26. The number of amidine groups is 1. The van der Waals surface area contributed by atoms with Crippen LogP contribution in [0.1, 0.15) is 6.92 Å². The maximum Gasteiger partial charge on any atom is 0.161 e. The summed E-state index contributed by atoms with van der Waals surface area (Å²) in [5.74, 6) is 0.0348. The van der Waals surface area contributed by atoms with Crippen molar-refractivity contribution in [3.05, 3.63) is 28.8 Å². The van der Waals surface area contributed by atoms with Crippen molar-refractivity contribution < 1.29 is 8.78 Å². The second-order valence-electron chi connectivity index (χ2n) is 3.93. The van der Waals surface area contributed by atoms with Gasteiger partial charge in [-0.15, -0.1) is 0 Å². The molecule has 0 saturated heterocycles. The Hall–Kier alpha value is -0.810. The van der Waals surface area contributed by atoms with Crippen molar-refractivity contribution >= 4 is 34.2 Å². The summed E-state index contributed by atoms with van der Waals surface area (Å²) in [7, 11) is 0. The monoisotopic (exact) mass is 276 g/mol. The van der Waals surface area contributed by atoms with E-state index in [1.807, 2.05) is 0 Å². The van der Waals surface area contributed by atoms with E-state index >= 15 is 0 Å². The third-order valence-corrected chi connectivity index (χ3v) is 3.83. The van der Waals surface area contributed by atoms with Gasteiger partial charge in [0, 0.05) is 18.4 Å². The lowest BCUT2D eigenvalue weighted by Crippen LogP contribution is -2.19. The predicted octanol–water partition coefficient (Wildman–Crippen LogP) is 3.77. The first-order chi connectivity index (χ1) is 8.06. The molecule has 0 amide bonds. The standard InChI is InChI=1S/C11H11ClF2N2S/c1-6-4-15-11(17-5-6)16-10-8(12)2-7(13)3-9(10)14/h2-3,6H,4-5H2,1H3,(H,15,16). The molecule has 1 aliphatic rings. The fourth-order valence-electron chi connectivity index (χ4n) is 1.40. The van der Waals surface area contributed by atoms with Gasteiger partial charge >= 0.3 is 0 Å². The van der Waals surface area contributed by atoms with Gasteiger partial charge in [0.05, 0.1) is 10.7 Å². The van der Waals surface area contributed by atoms with E-state index in [-0.39, 0.29) is 10.7 Å². The van der Waals surface area contributed by atoms with Crippen LogP contribution in [0, 0.1) is 17.6 Å². The summed E-state index contributed by atoms with van der Waals surface area (Å²) in [6.45, 7) is 2.80. The first-order valence-electron chi connectivity index (χ1n) is 5.15. The lowest BCUT2D eigenvalue weighted by Gasteiger charge is -2.18. The maximum atomic E-state index is 13.5. The number of hydrogen-bond donors (Lipinski definition) is 1. The molecule has 1 N–H and O–H groups in total. The van der Waals surface area contributed by atoms with Gasteiger partial charge in [-0.3, -0.25) is 4.99 Å². The minimum Gasteiger partial charge on any atom is -0.331 e. The highest BCUT2D eigenvalue weighted by atomic mass is 35.5. The molecule has 0 radical (unpaired) electrons. The Morgan fingerprint density at radius 3 is 2.82 bits per heavy atom. The summed E-state index contributed by atoms with van der Waals surface area (Å²) in [4.78, 5) is 4.26. The molecule has 1 aliphatic heterocycles. The van der Waals surface area contributed by atoms with Gasteiger partial charge in [0.15, 0.2) is 11.0 Å². The van der Waals surface area contributed by atoms with Gasteiger partial charge in [0.2, 0.25) is 0 Å². The molecule has 1 atom stereocenters. The second kappa shape index (κ2) is 5.23. The van der Waals surface area contributed by atoms with E-state index in [1.54, 1.807) is 0 Å². The van der Waals surface area contributed by atoms with E-state index in [1.165, 1.54) is 11.8 Å². The quantitative estimate of drug-likeness (QED) is 0.844. The van der Waals surface area contributed by atoms with Gasteiger partial charge < -0.3 is 5.32 Å². The van der Waals surface area contributed by atoms with Crippen molar-refractivity contribution in [2.24, 2.45) is 10.9 Å². The maximum absolute atomic E-state index is 13.5. The van der Waals surface area contributed by atoms with Crippen LogP contribution in [0.4, 0.5) is 14.5 Å². The summed E-state index contributed by atoms with van der Waals surface area (Å²) in [6, 6.07) is 1.87. The number of nitrogens with one attached hydrogen (secondary N) is 1. The van der Waals surface area contributed by atoms with Crippen LogP contribution in [0.2, 0.25) is 5.02 Å². The third kappa shape index (κ3) is 3.10. The molecule has 2 rings (SSSR count). The largest absolute Gasteiger partial charge is 0.331 e. The zero-order valence-electron chi connectivity index (χ0n) is 9.14. The fourth-order valence-corrected chi connectivity index (χ4v) is 2.53. The zero-order valence-corrected chi connectivity index (χ0v) is 10.7. The number of benzene rings is 1. The van der Waals surface area contributed by atoms with Gasteiger partial charge in [0.1, 0.15) is 5.82 Å². The first kappa shape index (κ1) is 12.6. The Kier molecular flexibility index (Phi) is 3.89. The lowest BCUT2D eigenvalue weighted by atomic mass is 10.2. The molecule has 0 saturated carbocycles. The molecule has 2 nitrogen and oxygen atoms in total. The number of anilines is 1. The minimum absolute atomic E-state index is 0.0180. The Bertz CT molecular complexity index is 442. The van der Waals surface area contributed by atoms with E-state index in [0.717, 1.165) is 17.9 Å². The van der Waals surface area contributed by atoms with Crippen LogP contribution in [0.15, 0.2) is 17.1 Å². The topological polar surface area (TPSA) is 24.4 Å². The van der Waals surface area contributed by atoms with Crippen LogP contribution < -0.4 is 5.32 Å². The summed E-state index contributed by atoms with van der Waals surface area (Å²) < 4.78 is 26.3. The molecule has 1 unspecified atom stereocenters. The Balaban J connectivity index is 2.19. The van der Waals surface area contributed by atoms with Crippen molar-refractivity contribution in [1.29, 1.82) is 0 Å². The normalized spacial score (nSPS) is 20.0. The Morgan fingerprint density at radius 1 is 1.47 bits per heavy atom. The molecule has 0 bridgehead atoms. The fraction of sp³-hybridized carbons (Fsp3) is 0.364.